The summed E-state index contributed by atoms with van der Waals surface area (Å²) >= 11 is 0. The van der Waals surface area contributed by atoms with Crippen LogP contribution in [0.25, 0.3) is 0 Å². The topological polar surface area (TPSA) is 44.8 Å². The van der Waals surface area contributed by atoms with E-state index in [4.69, 9.17) is 14.2 Å². The van der Waals surface area contributed by atoms with Crippen LogP contribution in [-0.4, -0.2) is 26.3 Å². The second kappa shape index (κ2) is 8.83. The second-order valence-corrected chi connectivity index (χ2v) is 5.05. The lowest BCUT2D eigenvalue weighted by Gasteiger charge is -2.08. The fourth-order valence-electron chi connectivity index (χ4n) is 2.21. The Labute approximate surface area is 137 Å². The third-order valence-corrected chi connectivity index (χ3v) is 3.38. The minimum atomic E-state index is -0.274. The fraction of sp³-hybridized carbons (Fsp3) is 0.316. The summed E-state index contributed by atoms with van der Waals surface area (Å²) < 4.78 is 15.8. The number of hydrogen-bond acceptors (Lipinski definition) is 4. The summed E-state index contributed by atoms with van der Waals surface area (Å²) in [6.45, 7) is 2.81. The molecule has 2 aromatic rings. The molecule has 0 unspecified atom stereocenters. The molecule has 2 aromatic carbocycles. The molecule has 0 amide bonds. The number of aryl methyl sites for hydroxylation is 1. The molecule has 122 valence electrons. The Hall–Kier alpha value is -2.49. The molecule has 2 rings (SSSR count). The molecule has 0 N–H and O–H groups in total. The Morgan fingerprint density at radius 3 is 2.48 bits per heavy atom. The molecule has 0 atom stereocenters. The summed E-state index contributed by atoms with van der Waals surface area (Å²) in [5.41, 5.74) is 1.70. The minimum absolute atomic E-state index is 0.274. The average Bonchev–Trinajstić information content (AvgIpc) is 2.60. The van der Waals surface area contributed by atoms with Gasteiger partial charge in [0.2, 0.25) is 0 Å². The van der Waals surface area contributed by atoms with Crippen LogP contribution in [0.3, 0.4) is 0 Å². The van der Waals surface area contributed by atoms with Crippen LogP contribution in [0.4, 0.5) is 0 Å². The van der Waals surface area contributed by atoms with Crippen LogP contribution in [0.1, 0.15) is 29.3 Å². The van der Waals surface area contributed by atoms with Crippen molar-refractivity contribution in [1.29, 1.82) is 0 Å². The fourth-order valence-corrected chi connectivity index (χ4v) is 2.21. The Morgan fingerprint density at radius 2 is 1.78 bits per heavy atom. The monoisotopic (exact) mass is 314 g/mol. The summed E-state index contributed by atoms with van der Waals surface area (Å²) in [6.07, 6.45) is 1.72. The summed E-state index contributed by atoms with van der Waals surface area (Å²) in [5.74, 6) is 1.36. The van der Waals surface area contributed by atoms with Crippen LogP contribution in [-0.2, 0) is 11.2 Å². The van der Waals surface area contributed by atoms with E-state index in [9.17, 15) is 4.79 Å². The van der Waals surface area contributed by atoms with E-state index >= 15 is 0 Å². The van der Waals surface area contributed by atoms with E-state index in [2.05, 4.69) is 0 Å². The number of ether oxygens (including phenoxy) is 3. The van der Waals surface area contributed by atoms with Crippen LogP contribution in [0.15, 0.2) is 48.5 Å². The van der Waals surface area contributed by atoms with Gasteiger partial charge in [0.15, 0.2) is 0 Å². The molecule has 0 aliphatic heterocycles. The Balaban J connectivity index is 1.79. The van der Waals surface area contributed by atoms with Crippen LogP contribution in [0.5, 0.6) is 11.5 Å². The van der Waals surface area contributed by atoms with Crippen LogP contribution in [0, 0.1) is 0 Å². The molecule has 0 radical (unpaired) electrons. The number of methoxy groups -OCH3 is 1. The zero-order valence-electron chi connectivity index (χ0n) is 13.6. The number of carbonyl (C=O) groups is 1. The quantitative estimate of drug-likeness (QED) is 0.548. The van der Waals surface area contributed by atoms with Gasteiger partial charge in [0.25, 0.3) is 0 Å². The van der Waals surface area contributed by atoms with E-state index in [-0.39, 0.29) is 5.97 Å². The van der Waals surface area contributed by atoms with Gasteiger partial charge in [-0.3, -0.25) is 0 Å². The third-order valence-electron chi connectivity index (χ3n) is 3.38. The molecule has 4 nitrogen and oxygen atoms in total. The van der Waals surface area contributed by atoms with E-state index < -0.39 is 0 Å². The Bertz CT molecular complexity index is 620. The van der Waals surface area contributed by atoms with Crippen molar-refractivity contribution in [2.75, 3.05) is 20.3 Å². The van der Waals surface area contributed by atoms with Gasteiger partial charge in [-0.15, -0.1) is 0 Å². The number of carbonyl (C=O) groups excluding carboxylic acids is 1. The van der Waals surface area contributed by atoms with Gasteiger partial charge in [-0.25, -0.2) is 4.79 Å². The van der Waals surface area contributed by atoms with Gasteiger partial charge in [-0.05, 0) is 61.7 Å². The SMILES string of the molecule is CCOC(=O)c1cccc(CCCOc2ccc(OC)cc2)c1. The van der Waals surface area contributed by atoms with Crippen molar-refractivity contribution < 1.29 is 19.0 Å². The van der Waals surface area contributed by atoms with E-state index in [1.807, 2.05) is 42.5 Å². The highest BCUT2D eigenvalue weighted by molar-refractivity contribution is 5.89. The van der Waals surface area contributed by atoms with Crippen molar-refractivity contribution in [3.8, 4) is 11.5 Å². The molecular formula is C19H22O4. The number of hydrogen-bond donors (Lipinski definition) is 0. The zero-order chi connectivity index (χ0) is 16.5. The van der Waals surface area contributed by atoms with E-state index in [0.29, 0.717) is 18.8 Å². The lowest BCUT2D eigenvalue weighted by atomic mass is 10.1. The first-order valence-corrected chi connectivity index (χ1v) is 7.76. The Morgan fingerprint density at radius 1 is 1.04 bits per heavy atom. The van der Waals surface area contributed by atoms with Crippen LogP contribution in [0.2, 0.25) is 0 Å². The highest BCUT2D eigenvalue weighted by Crippen LogP contribution is 2.17. The van der Waals surface area contributed by atoms with E-state index in [0.717, 1.165) is 29.9 Å². The molecule has 4 heteroatoms. The maximum absolute atomic E-state index is 11.7. The highest BCUT2D eigenvalue weighted by atomic mass is 16.5. The van der Waals surface area contributed by atoms with Gasteiger partial charge in [0.1, 0.15) is 11.5 Å². The number of esters is 1. The molecule has 0 aliphatic carbocycles. The summed E-state index contributed by atoms with van der Waals surface area (Å²) in [7, 11) is 1.64. The molecular weight excluding hydrogens is 292 g/mol. The van der Waals surface area contributed by atoms with Gasteiger partial charge in [0, 0.05) is 0 Å². The Kier molecular flexibility index (Phi) is 6.48. The first-order chi connectivity index (χ1) is 11.2. The van der Waals surface area contributed by atoms with Crippen molar-refractivity contribution in [1.82, 2.24) is 0 Å². The second-order valence-electron chi connectivity index (χ2n) is 5.05. The molecule has 0 aromatic heterocycles. The molecule has 0 heterocycles. The smallest absolute Gasteiger partial charge is 0.338 e. The summed E-state index contributed by atoms with van der Waals surface area (Å²) in [6, 6.07) is 15.1. The molecule has 0 bridgehead atoms. The van der Waals surface area contributed by atoms with Gasteiger partial charge in [-0.2, -0.15) is 0 Å². The number of rotatable bonds is 8. The molecule has 0 aliphatic rings. The highest BCUT2D eigenvalue weighted by Gasteiger charge is 2.06. The first kappa shape index (κ1) is 16.9. The molecule has 23 heavy (non-hydrogen) atoms. The lowest BCUT2D eigenvalue weighted by Crippen LogP contribution is -2.05. The zero-order valence-corrected chi connectivity index (χ0v) is 13.6. The summed E-state index contributed by atoms with van der Waals surface area (Å²) in [4.78, 5) is 11.7. The molecule has 0 saturated heterocycles. The average molecular weight is 314 g/mol. The van der Waals surface area contributed by atoms with E-state index in [1.165, 1.54) is 0 Å². The van der Waals surface area contributed by atoms with Crippen molar-refractivity contribution in [3.63, 3.8) is 0 Å². The predicted octanol–water partition coefficient (Wildman–Crippen LogP) is 3.88. The van der Waals surface area contributed by atoms with Gasteiger partial charge < -0.3 is 14.2 Å². The maximum Gasteiger partial charge on any atom is 0.338 e. The maximum atomic E-state index is 11.7. The largest absolute Gasteiger partial charge is 0.497 e. The molecule has 0 spiro atoms. The normalized spacial score (nSPS) is 10.2. The third kappa shape index (κ3) is 5.33. The van der Waals surface area contributed by atoms with Gasteiger partial charge >= 0.3 is 5.97 Å². The van der Waals surface area contributed by atoms with Gasteiger partial charge in [-0.1, -0.05) is 12.1 Å². The van der Waals surface area contributed by atoms with Crippen molar-refractivity contribution in [3.05, 3.63) is 59.7 Å². The lowest BCUT2D eigenvalue weighted by molar-refractivity contribution is 0.0526. The van der Waals surface area contributed by atoms with Crippen molar-refractivity contribution in [2.45, 2.75) is 19.8 Å². The van der Waals surface area contributed by atoms with Crippen molar-refractivity contribution >= 4 is 5.97 Å². The molecule has 0 saturated carbocycles. The molecule has 0 fully saturated rings. The first-order valence-electron chi connectivity index (χ1n) is 7.76. The van der Waals surface area contributed by atoms with Gasteiger partial charge in [0.05, 0.1) is 25.9 Å². The standard InChI is InChI=1S/C19H22O4/c1-3-22-19(20)16-8-4-6-15(14-16)7-5-13-23-18-11-9-17(21-2)10-12-18/h4,6,8-12,14H,3,5,7,13H2,1-2H3. The minimum Gasteiger partial charge on any atom is -0.497 e. The summed E-state index contributed by atoms with van der Waals surface area (Å²) in [5, 5.41) is 0. The number of benzene rings is 2. The van der Waals surface area contributed by atoms with Crippen LogP contribution < -0.4 is 9.47 Å². The van der Waals surface area contributed by atoms with Crippen LogP contribution >= 0.6 is 0 Å². The predicted molar refractivity (Wildman–Crippen MR) is 89.2 cm³/mol. The van der Waals surface area contributed by atoms with Crippen molar-refractivity contribution in [2.24, 2.45) is 0 Å². The van der Waals surface area contributed by atoms with E-state index in [1.54, 1.807) is 20.1 Å².